The van der Waals surface area contributed by atoms with Crippen LogP contribution in [0.1, 0.15) is 6.92 Å². The second-order valence-electron chi connectivity index (χ2n) is 3.60. The molecule has 0 radical (unpaired) electrons. The Morgan fingerprint density at radius 2 is 2.06 bits per heavy atom. The van der Waals surface area contributed by atoms with Crippen molar-refractivity contribution in [2.24, 2.45) is 0 Å². The van der Waals surface area contributed by atoms with E-state index in [2.05, 4.69) is 0 Å². The molecule has 1 aliphatic heterocycles. The van der Waals surface area contributed by atoms with Gasteiger partial charge >= 0.3 is 12.1 Å². The van der Waals surface area contributed by atoms with Crippen LogP contribution in [-0.4, -0.2) is 36.2 Å². The van der Waals surface area contributed by atoms with Gasteiger partial charge in [-0.05, 0) is 19.1 Å². The minimum atomic E-state index is -0.519. The largest absolute Gasteiger partial charge is 0.464 e. The summed E-state index contributed by atoms with van der Waals surface area (Å²) < 4.78 is 9.88. The molecule has 1 aromatic carbocycles. The predicted octanol–water partition coefficient (Wildman–Crippen LogP) is 1.43. The lowest BCUT2D eigenvalue weighted by Crippen LogP contribution is -2.23. The maximum atomic E-state index is 11.6. The number of ether oxygens (including phenoxy) is 2. The summed E-state index contributed by atoms with van der Waals surface area (Å²) in [6, 6.07) is 8.25. The van der Waals surface area contributed by atoms with E-state index in [0.29, 0.717) is 18.9 Å². The fourth-order valence-electron chi connectivity index (χ4n) is 1.43. The number of hydrogen-bond acceptors (Lipinski definition) is 4. The van der Waals surface area contributed by atoms with E-state index >= 15 is 0 Å². The molecule has 0 bridgehead atoms. The van der Waals surface area contributed by atoms with E-state index in [0.717, 1.165) is 0 Å². The van der Waals surface area contributed by atoms with Crippen LogP contribution in [0.3, 0.4) is 0 Å². The first kappa shape index (κ1) is 11.4. The van der Waals surface area contributed by atoms with Crippen molar-refractivity contribution >= 4 is 12.1 Å². The van der Waals surface area contributed by atoms with Crippen LogP contribution in [-0.2, 0) is 9.53 Å². The second-order valence-corrected chi connectivity index (χ2v) is 3.60. The lowest BCUT2D eigenvalue weighted by atomic mass is 10.3. The van der Waals surface area contributed by atoms with Gasteiger partial charge in [0.1, 0.15) is 5.75 Å². The Kier molecular flexibility index (Phi) is 3.27. The lowest BCUT2D eigenvalue weighted by Gasteiger charge is -2.05. The molecule has 2 rings (SSSR count). The summed E-state index contributed by atoms with van der Waals surface area (Å²) in [4.78, 5) is 24.2. The lowest BCUT2D eigenvalue weighted by molar-refractivity contribution is -0.143. The van der Waals surface area contributed by atoms with Gasteiger partial charge in [-0.25, -0.2) is 9.59 Å². The molecule has 5 nitrogen and oxygen atoms in total. The van der Waals surface area contributed by atoms with Crippen molar-refractivity contribution in [3.8, 4) is 5.75 Å². The van der Waals surface area contributed by atoms with Gasteiger partial charge in [0, 0.05) is 0 Å². The van der Waals surface area contributed by atoms with Crippen molar-refractivity contribution < 1.29 is 19.1 Å². The van der Waals surface area contributed by atoms with Crippen molar-refractivity contribution in [1.29, 1.82) is 0 Å². The number of benzene rings is 1. The summed E-state index contributed by atoms with van der Waals surface area (Å²) in [5, 5.41) is 0. The summed E-state index contributed by atoms with van der Waals surface area (Å²) >= 11 is 0. The Morgan fingerprint density at radius 3 is 2.71 bits per heavy atom. The smallest absolute Gasteiger partial charge is 0.416 e. The van der Waals surface area contributed by atoms with Crippen LogP contribution in [0, 0.1) is 0 Å². The fraction of sp³-hybridized carbons (Fsp3) is 0.333. The van der Waals surface area contributed by atoms with E-state index < -0.39 is 12.1 Å². The Balaban J connectivity index is 1.85. The molecule has 0 saturated carbocycles. The van der Waals surface area contributed by atoms with Gasteiger partial charge in [0.25, 0.3) is 0 Å². The Hall–Kier alpha value is -2.04. The van der Waals surface area contributed by atoms with Crippen LogP contribution < -0.4 is 4.74 Å². The summed E-state index contributed by atoms with van der Waals surface area (Å²) in [5.41, 5.74) is 0. The zero-order valence-electron chi connectivity index (χ0n) is 9.46. The van der Waals surface area contributed by atoms with Crippen molar-refractivity contribution in [3.05, 3.63) is 30.3 Å². The molecule has 90 valence electrons. The van der Waals surface area contributed by atoms with Crippen LogP contribution in [0.4, 0.5) is 4.79 Å². The van der Waals surface area contributed by atoms with Crippen LogP contribution in [0.5, 0.6) is 5.75 Å². The molecule has 1 aromatic rings. The SMILES string of the molecule is CCOC(=O)C1CN1C(=O)Oc1ccccc1. The minimum Gasteiger partial charge on any atom is -0.464 e. The van der Waals surface area contributed by atoms with Crippen LogP contribution in [0.2, 0.25) is 0 Å². The third-order valence-corrected chi connectivity index (χ3v) is 2.35. The molecular formula is C12H13NO4. The van der Waals surface area contributed by atoms with Crippen LogP contribution >= 0.6 is 0 Å². The summed E-state index contributed by atoms with van der Waals surface area (Å²) in [5.74, 6) is 0.0875. The van der Waals surface area contributed by atoms with E-state index in [1.807, 2.05) is 6.07 Å². The number of esters is 1. The first-order valence-corrected chi connectivity index (χ1v) is 5.42. The number of carbonyl (C=O) groups excluding carboxylic acids is 2. The van der Waals surface area contributed by atoms with Crippen molar-refractivity contribution in [2.75, 3.05) is 13.2 Å². The Labute approximate surface area is 98.9 Å². The van der Waals surface area contributed by atoms with Gasteiger partial charge in [0.2, 0.25) is 0 Å². The normalized spacial score (nSPS) is 17.5. The van der Waals surface area contributed by atoms with Gasteiger partial charge in [-0.1, -0.05) is 18.2 Å². The molecule has 5 heteroatoms. The monoisotopic (exact) mass is 235 g/mol. The first-order chi connectivity index (χ1) is 8.22. The van der Waals surface area contributed by atoms with E-state index in [-0.39, 0.29) is 5.97 Å². The molecule has 1 atom stereocenters. The van der Waals surface area contributed by atoms with Gasteiger partial charge in [0.15, 0.2) is 6.04 Å². The van der Waals surface area contributed by atoms with E-state index in [1.165, 1.54) is 4.90 Å². The third-order valence-electron chi connectivity index (χ3n) is 2.35. The maximum absolute atomic E-state index is 11.6. The predicted molar refractivity (Wildman–Crippen MR) is 59.6 cm³/mol. The number of hydrogen-bond donors (Lipinski definition) is 0. The van der Waals surface area contributed by atoms with Gasteiger partial charge in [-0.3, -0.25) is 4.90 Å². The highest BCUT2D eigenvalue weighted by Crippen LogP contribution is 2.21. The Bertz CT molecular complexity index is 418. The van der Waals surface area contributed by atoms with Crippen molar-refractivity contribution in [1.82, 2.24) is 4.90 Å². The average Bonchev–Trinajstić information content (AvgIpc) is 3.10. The molecular weight excluding hydrogens is 222 g/mol. The maximum Gasteiger partial charge on any atom is 0.416 e. The van der Waals surface area contributed by atoms with E-state index in [1.54, 1.807) is 31.2 Å². The van der Waals surface area contributed by atoms with Gasteiger partial charge in [-0.2, -0.15) is 0 Å². The third kappa shape index (κ3) is 2.75. The van der Waals surface area contributed by atoms with Gasteiger partial charge < -0.3 is 9.47 Å². The zero-order chi connectivity index (χ0) is 12.3. The van der Waals surface area contributed by atoms with Crippen molar-refractivity contribution in [3.63, 3.8) is 0 Å². The first-order valence-electron chi connectivity index (χ1n) is 5.42. The average molecular weight is 235 g/mol. The highest BCUT2D eigenvalue weighted by molar-refractivity contribution is 5.87. The standard InChI is InChI=1S/C12H13NO4/c1-2-16-11(14)10-8-13(10)12(15)17-9-6-4-3-5-7-9/h3-7,10H,2,8H2,1H3. The van der Waals surface area contributed by atoms with E-state index in [9.17, 15) is 9.59 Å². The molecule has 1 fully saturated rings. The second kappa shape index (κ2) is 4.86. The zero-order valence-corrected chi connectivity index (χ0v) is 9.46. The van der Waals surface area contributed by atoms with Gasteiger partial charge in [0.05, 0.1) is 13.2 Å². The molecule has 1 amide bonds. The summed E-state index contributed by atoms with van der Waals surface area (Å²) in [6.45, 7) is 2.41. The van der Waals surface area contributed by atoms with Crippen LogP contribution in [0.15, 0.2) is 30.3 Å². The van der Waals surface area contributed by atoms with Gasteiger partial charge in [-0.15, -0.1) is 0 Å². The molecule has 1 saturated heterocycles. The number of rotatable bonds is 3. The number of nitrogens with zero attached hydrogens (tertiary/aromatic N) is 1. The number of carbonyl (C=O) groups is 2. The van der Waals surface area contributed by atoms with Crippen LogP contribution in [0.25, 0.3) is 0 Å². The summed E-state index contributed by atoms with van der Waals surface area (Å²) in [7, 11) is 0. The fourth-order valence-corrected chi connectivity index (χ4v) is 1.43. The minimum absolute atomic E-state index is 0.316. The molecule has 1 unspecified atom stereocenters. The Morgan fingerprint density at radius 1 is 1.35 bits per heavy atom. The number of para-hydroxylation sites is 1. The molecule has 0 N–H and O–H groups in total. The molecule has 0 spiro atoms. The van der Waals surface area contributed by atoms with Crippen molar-refractivity contribution in [2.45, 2.75) is 13.0 Å². The molecule has 1 aliphatic rings. The highest BCUT2D eigenvalue weighted by Gasteiger charge is 2.46. The summed E-state index contributed by atoms with van der Waals surface area (Å²) in [6.07, 6.45) is -0.519. The molecule has 0 aromatic heterocycles. The highest BCUT2D eigenvalue weighted by atomic mass is 16.6. The topological polar surface area (TPSA) is 55.6 Å². The molecule has 1 heterocycles. The molecule has 17 heavy (non-hydrogen) atoms. The molecule has 0 aliphatic carbocycles. The number of amides is 1. The quantitative estimate of drug-likeness (QED) is 0.587. The van der Waals surface area contributed by atoms with E-state index in [4.69, 9.17) is 9.47 Å².